The Bertz CT molecular complexity index is 671. The van der Waals surface area contributed by atoms with E-state index in [1.807, 2.05) is 0 Å². The summed E-state index contributed by atoms with van der Waals surface area (Å²) in [6.07, 6.45) is 0. The highest BCUT2D eigenvalue weighted by Crippen LogP contribution is 2.21. The molecule has 0 radical (unpaired) electrons. The lowest BCUT2D eigenvalue weighted by molar-refractivity contribution is 0.599. The van der Waals surface area contributed by atoms with E-state index >= 15 is 0 Å². The molecule has 2 aromatic rings. The molecule has 2 rings (SSSR count). The van der Waals surface area contributed by atoms with Crippen molar-refractivity contribution in [3.05, 3.63) is 59.9 Å². The molecule has 3 nitrogen and oxygen atoms in total. The molecular weight excluding hydrogens is 289 g/mol. The molecule has 2 aromatic carbocycles. The maximum atomic E-state index is 12.8. The first kappa shape index (κ1) is 13.8. The van der Waals surface area contributed by atoms with Crippen LogP contribution in [0.15, 0.2) is 53.4 Å². The van der Waals surface area contributed by atoms with Crippen molar-refractivity contribution in [2.45, 2.75) is 10.8 Å². The van der Waals surface area contributed by atoms with Gasteiger partial charge in [0.1, 0.15) is 5.82 Å². The number of nitrogens with one attached hydrogen (secondary N) is 1. The van der Waals surface area contributed by atoms with Crippen LogP contribution in [0.1, 0.15) is 5.56 Å². The number of benzene rings is 2. The van der Waals surface area contributed by atoms with E-state index in [-0.39, 0.29) is 10.8 Å². The minimum absolute atomic E-state index is 0.00160. The van der Waals surface area contributed by atoms with Gasteiger partial charge in [-0.05, 0) is 35.9 Å². The van der Waals surface area contributed by atoms with E-state index in [4.69, 9.17) is 11.6 Å². The summed E-state index contributed by atoms with van der Waals surface area (Å²) in [5.41, 5.74) is 1.09. The highest BCUT2D eigenvalue weighted by atomic mass is 35.5. The smallest absolute Gasteiger partial charge is 0.261 e. The molecule has 6 heteroatoms. The third-order valence-corrected chi connectivity index (χ3v) is 4.20. The van der Waals surface area contributed by atoms with E-state index in [9.17, 15) is 12.8 Å². The molecule has 0 saturated heterocycles. The van der Waals surface area contributed by atoms with Crippen LogP contribution in [-0.2, 0) is 15.9 Å². The third kappa shape index (κ3) is 3.24. The number of halogens is 2. The second-order valence-corrected chi connectivity index (χ2v) is 5.80. The first-order valence-electron chi connectivity index (χ1n) is 5.45. The van der Waals surface area contributed by atoms with E-state index < -0.39 is 15.8 Å². The fourth-order valence-corrected chi connectivity index (χ4v) is 2.89. The Labute approximate surface area is 116 Å². The van der Waals surface area contributed by atoms with Gasteiger partial charge in [0.2, 0.25) is 0 Å². The average Bonchev–Trinajstić information content (AvgIpc) is 2.39. The predicted molar refractivity (Wildman–Crippen MR) is 73.2 cm³/mol. The van der Waals surface area contributed by atoms with Gasteiger partial charge in [-0.15, -0.1) is 11.6 Å². The summed E-state index contributed by atoms with van der Waals surface area (Å²) in [6.45, 7) is 0. The van der Waals surface area contributed by atoms with Gasteiger partial charge in [0, 0.05) is 5.88 Å². The number of sulfonamides is 1. The Balaban J connectivity index is 2.34. The van der Waals surface area contributed by atoms with Crippen LogP contribution in [0.25, 0.3) is 0 Å². The van der Waals surface area contributed by atoms with E-state index in [2.05, 4.69) is 4.72 Å². The number of para-hydroxylation sites is 1. The number of alkyl halides is 1. The molecule has 0 aliphatic heterocycles. The average molecular weight is 300 g/mol. The van der Waals surface area contributed by atoms with Crippen molar-refractivity contribution < 1.29 is 12.8 Å². The molecule has 0 amide bonds. The van der Waals surface area contributed by atoms with Crippen LogP contribution in [-0.4, -0.2) is 8.42 Å². The first-order valence-corrected chi connectivity index (χ1v) is 7.47. The number of rotatable bonds is 4. The summed E-state index contributed by atoms with van der Waals surface area (Å²) in [7, 11) is -3.74. The predicted octanol–water partition coefficient (Wildman–Crippen LogP) is 3.37. The van der Waals surface area contributed by atoms with Gasteiger partial charge in [-0.2, -0.15) is 0 Å². The fraction of sp³-hybridized carbons (Fsp3) is 0.0769. The van der Waals surface area contributed by atoms with Gasteiger partial charge < -0.3 is 0 Å². The monoisotopic (exact) mass is 299 g/mol. The summed E-state index contributed by atoms with van der Waals surface area (Å²) in [5.74, 6) is -0.289. The van der Waals surface area contributed by atoms with E-state index in [1.54, 1.807) is 24.3 Å². The van der Waals surface area contributed by atoms with Crippen molar-refractivity contribution in [3.8, 4) is 0 Å². The zero-order valence-corrected chi connectivity index (χ0v) is 11.4. The van der Waals surface area contributed by atoms with Crippen LogP contribution >= 0.6 is 11.6 Å². The lowest BCUT2D eigenvalue weighted by Gasteiger charge is -2.11. The molecule has 0 aliphatic rings. The Morgan fingerprint density at radius 2 is 1.68 bits per heavy atom. The number of hydrogen-bond donors (Lipinski definition) is 1. The van der Waals surface area contributed by atoms with Crippen molar-refractivity contribution in [1.29, 1.82) is 0 Å². The minimum Gasteiger partial charge on any atom is -0.279 e. The summed E-state index contributed by atoms with van der Waals surface area (Å²) >= 11 is 5.74. The van der Waals surface area contributed by atoms with E-state index in [0.29, 0.717) is 11.3 Å². The van der Waals surface area contributed by atoms with Crippen LogP contribution in [0.5, 0.6) is 0 Å². The van der Waals surface area contributed by atoms with Gasteiger partial charge in [-0.3, -0.25) is 4.72 Å². The van der Waals surface area contributed by atoms with Crippen LogP contribution < -0.4 is 4.72 Å². The standard InChI is InChI=1S/C13H11ClFNO2S/c14-9-10-3-1-2-4-13(10)16-19(17,18)12-7-5-11(15)6-8-12/h1-8,16H,9H2. The molecule has 0 spiro atoms. The molecule has 19 heavy (non-hydrogen) atoms. The summed E-state index contributed by atoms with van der Waals surface area (Å²) in [4.78, 5) is -0.00160. The second kappa shape index (κ2) is 5.59. The zero-order chi connectivity index (χ0) is 13.9. The van der Waals surface area contributed by atoms with Gasteiger partial charge in [-0.1, -0.05) is 18.2 Å². The Hall–Kier alpha value is -1.59. The Kier molecular flexibility index (Phi) is 4.07. The highest BCUT2D eigenvalue weighted by Gasteiger charge is 2.15. The van der Waals surface area contributed by atoms with Crippen molar-refractivity contribution >= 4 is 27.3 Å². The Morgan fingerprint density at radius 3 is 2.32 bits per heavy atom. The van der Waals surface area contributed by atoms with Gasteiger partial charge in [0.05, 0.1) is 10.6 Å². The van der Waals surface area contributed by atoms with Crippen LogP contribution in [0, 0.1) is 5.82 Å². The molecule has 0 saturated carbocycles. The normalized spacial score (nSPS) is 11.3. The van der Waals surface area contributed by atoms with Crippen molar-refractivity contribution in [3.63, 3.8) is 0 Å². The number of hydrogen-bond acceptors (Lipinski definition) is 2. The lowest BCUT2D eigenvalue weighted by Crippen LogP contribution is -2.14. The SMILES string of the molecule is O=S(=O)(Nc1ccccc1CCl)c1ccc(F)cc1. The van der Waals surface area contributed by atoms with Crippen LogP contribution in [0.3, 0.4) is 0 Å². The van der Waals surface area contributed by atoms with Gasteiger partial charge in [-0.25, -0.2) is 12.8 Å². The van der Waals surface area contributed by atoms with Crippen molar-refractivity contribution in [2.75, 3.05) is 4.72 Å². The Morgan fingerprint density at radius 1 is 1.05 bits per heavy atom. The molecule has 0 bridgehead atoms. The molecule has 0 unspecified atom stereocenters. The maximum absolute atomic E-state index is 12.8. The molecule has 0 atom stereocenters. The summed E-state index contributed by atoms with van der Waals surface area (Å²) < 4.78 is 39.4. The van der Waals surface area contributed by atoms with Crippen LogP contribution in [0.4, 0.5) is 10.1 Å². The van der Waals surface area contributed by atoms with Crippen LogP contribution in [0.2, 0.25) is 0 Å². The largest absolute Gasteiger partial charge is 0.279 e. The highest BCUT2D eigenvalue weighted by molar-refractivity contribution is 7.92. The molecule has 0 heterocycles. The minimum atomic E-state index is -3.74. The molecule has 100 valence electrons. The van der Waals surface area contributed by atoms with Gasteiger partial charge in [0.15, 0.2) is 0 Å². The molecular formula is C13H11ClFNO2S. The lowest BCUT2D eigenvalue weighted by atomic mass is 10.2. The van der Waals surface area contributed by atoms with Crippen molar-refractivity contribution in [2.24, 2.45) is 0 Å². The number of anilines is 1. The molecule has 0 aromatic heterocycles. The maximum Gasteiger partial charge on any atom is 0.261 e. The van der Waals surface area contributed by atoms with Gasteiger partial charge >= 0.3 is 0 Å². The van der Waals surface area contributed by atoms with E-state index in [1.165, 1.54) is 12.1 Å². The molecule has 0 aliphatic carbocycles. The summed E-state index contributed by atoms with van der Waals surface area (Å²) in [5, 5.41) is 0. The third-order valence-electron chi connectivity index (χ3n) is 2.53. The van der Waals surface area contributed by atoms with Gasteiger partial charge in [0.25, 0.3) is 10.0 Å². The summed E-state index contributed by atoms with van der Waals surface area (Å²) in [6, 6.07) is 11.5. The van der Waals surface area contributed by atoms with E-state index in [0.717, 1.165) is 12.1 Å². The topological polar surface area (TPSA) is 46.2 Å². The second-order valence-electron chi connectivity index (χ2n) is 3.85. The molecule has 0 fully saturated rings. The zero-order valence-electron chi connectivity index (χ0n) is 9.81. The molecule has 1 N–H and O–H groups in total. The first-order chi connectivity index (χ1) is 9.03. The fourth-order valence-electron chi connectivity index (χ4n) is 1.55. The van der Waals surface area contributed by atoms with Crippen molar-refractivity contribution in [1.82, 2.24) is 0 Å². The quantitative estimate of drug-likeness (QED) is 0.880.